The van der Waals surface area contributed by atoms with Crippen molar-refractivity contribution in [3.05, 3.63) is 87.7 Å². The molecule has 0 radical (unpaired) electrons. The maximum absolute atomic E-state index is 7.32. The summed E-state index contributed by atoms with van der Waals surface area (Å²) in [4.78, 5) is 8.55. The molecule has 1 aromatic heterocycles. The van der Waals surface area contributed by atoms with Crippen LogP contribution in [0.4, 0.5) is 11.6 Å². The maximum atomic E-state index is 7.32. The van der Waals surface area contributed by atoms with E-state index in [9.17, 15) is 0 Å². The molecule has 0 aliphatic heterocycles. The number of anilines is 1. The van der Waals surface area contributed by atoms with E-state index >= 15 is 0 Å². The highest BCUT2D eigenvalue weighted by Gasteiger charge is 2.19. The minimum atomic E-state index is 0.506. The molecule has 0 amide bonds. The molecule has 0 atom stereocenters. The van der Waals surface area contributed by atoms with E-state index in [4.69, 9.17) is 28.9 Å². The van der Waals surface area contributed by atoms with Gasteiger partial charge in [0.2, 0.25) is 5.95 Å². The number of rotatable bonds is 6. The standard InChI is InChI=1S/C25H24ClN5/c1-16-13-22-24(23(17(16)2)20-9-4-5-10-21(20)26)30-25(29-12-11-27)31(22)15-18-7-6-8-19(14-18)28-3/h4-10,13-14H,11-12,15,27H2,1-2H3,(H,29,30). The summed E-state index contributed by atoms with van der Waals surface area (Å²) in [6.07, 6.45) is 0. The minimum Gasteiger partial charge on any atom is -0.354 e. The van der Waals surface area contributed by atoms with E-state index in [0.29, 0.717) is 30.3 Å². The molecule has 0 fully saturated rings. The van der Waals surface area contributed by atoms with E-state index in [1.54, 1.807) is 0 Å². The Labute approximate surface area is 187 Å². The molecule has 156 valence electrons. The molecule has 0 saturated carbocycles. The van der Waals surface area contributed by atoms with Crippen LogP contribution >= 0.6 is 11.6 Å². The highest BCUT2D eigenvalue weighted by Crippen LogP contribution is 2.38. The average Bonchev–Trinajstić information content (AvgIpc) is 3.10. The third-order valence-corrected chi connectivity index (χ3v) is 5.84. The lowest BCUT2D eigenvalue weighted by Gasteiger charge is -2.14. The first kappa shape index (κ1) is 20.9. The summed E-state index contributed by atoms with van der Waals surface area (Å²) in [5.41, 5.74) is 13.7. The van der Waals surface area contributed by atoms with Crippen molar-refractivity contribution in [3.63, 3.8) is 0 Å². The van der Waals surface area contributed by atoms with Crippen LogP contribution in [0.5, 0.6) is 0 Å². The van der Waals surface area contributed by atoms with Gasteiger partial charge in [0.05, 0.1) is 17.6 Å². The summed E-state index contributed by atoms with van der Waals surface area (Å²) in [5, 5.41) is 4.07. The molecule has 3 N–H and O–H groups in total. The van der Waals surface area contributed by atoms with Gasteiger partial charge in [0.15, 0.2) is 5.69 Å². The molecule has 0 aliphatic carbocycles. The highest BCUT2D eigenvalue weighted by molar-refractivity contribution is 6.33. The van der Waals surface area contributed by atoms with Crippen molar-refractivity contribution in [2.75, 3.05) is 18.4 Å². The molecule has 0 saturated heterocycles. The number of nitrogens with one attached hydrogen (secondary N) is 1. The number of nitrogens with two attached hydrogens (primary N) is 1. The van der Waals surface area contributed by atoms with E-state index in [0.717, 1.165) is 39.2 Å². The zero-order valence-corrected chi connectivity index (χ0v) is 18.4. The van der Waals surface area contributed by atoms with Gasteiger partial charge in [-0.3, -0.25) is 0 Å². The Morgan fingerprint density at radius 3 is 2.68 bits per heavy atom. The zero-order valence-electron chi connectivity index (χ0n) is 17.6. The molecule has 3 aromatic carbocycles. The van der Waals surface area contributed by atoms with Gasteiger partial charge in [-0.1, -0.05) is 54.1 Å². The van der Waals surface area contributed by atoms with Gasteiger partial charge in [-0.05, 0) is 42.7 Å². The van der Waals surface area contributed by atoms with E-state index in [1.807, 2.05) is 48.5 Å². The molecule has 0 bridgehead atoms. The topological polar surface area (TPSA) is 60.2 Å². The first-order valence-electron chi connectivity index (χ1n) is 10.2. The number of imidazole rings is 1. The fraction of sp³-hybridized carbons (Fsp3) is 0.200. The molecule has 6 heteroatoms. The van der Waals surface area contributed by atoms with Crippen LogP contribution < -0.4 is 11.1 Å². The molecular weight excluding hydrogens is 406 g/mol. The summed E-state index contributed by atoms with van der Waals surface area (Å²) in [6, 6.07) is 17.7. The predicted molar refractivity (Wildman–Crippen MR) is 129 cm³/mol. The van der Waals surface area contributed by atoms with Gasteiger partial charge in [0, 0.05) is 35.8 Å². The normalized spacial score (nSPS) is 10.9. The monoisotopic (exact) mass is 429 g/mol. The molecule has 0 spiro atoms. The van der Waals surface area contributed by atoms with E-state index in [-0.39, 0.29) is 0 Å². The van der Waals surface area contributed by atoms with Crippen molar-refractivity contribution in [2.45, 2.75) is 20.4 Å². The second-order valence-electron chi connectivity index (χ2n) is 7.56. The zero-order chi connectivity index (χ0) is 22.0. The fourth-order valence-electron chi connectivity index (χ4n) is 3.86. The molecule has 0 unspecified atom stereocenters. The average molecular weight is 430 g/mol. The molecule has 4 aromatic rings. The third kappa shape index (κ3) is 4.00. The second-order valence-corrected chi connectivity index (χ2v) is 7.97. The van der Waals surface area contributed by atoms with Gasteiger partial charge in [-0.15, -0.1) is 0 Å². The van der Waals surface area contributed by atoms with E-state index in [1.165, 1.54) is 5.56 Å². The number of benzene rings is 3. The number of hydrogen-bond donors (Lipinski definition) is 2. The van der Waals surface area contributed by atoms with Crippen LogP contribution in [0.1, 0.15) is 16.7 Å². The quantitative estimate of drug-likeness (QED) is 0.372. The summed E-state index contributed by atoms with van der Waals surface area (Å²) < 4.78 is 2.15. The molecular formula is C25H24ClN5. The van der Waals surface area contributed by atoms with Crippen LogP contribution in [0.25, 0.3) is 27.0 Å². The Morgan fingerprint density at radius 2 is 1.94 bits per heavy atom. The Morgan fingerprint density at radius 1 is 1.13 bits per heavy atom. The number of aryl methyl sites for hydroxylation is 1. The molecule has 5 nitrogen and oxygen atoms in total. The van der Waals surface area contributed by atoms with Crippen molar-refractivity contribution < 1.29 is 0 Å². The molecule has 31 heavy (non-hydrogen) atoms. The maximum Gasteiger partial charge on any atom is 0.204 e. The van der Waals surface area contributed by atoms with Gasteiger partial charge < -0.3 is 15.6 Å². The van der Waals surface area contributed by atoms with Crippen molar-refractivity contribution in [2.24, 2.45) is 5.73 Å². The van der Waals surface area contributed by atoms with Gasteiger partial charge in [0.1, 0.15) is 0 Å². The van der Waals surface area contributed by atoms with Crippen LogP contribution in [-0.4, -0.2) is 22.6 Å². The first-order chi connectivity index (χ1) is 15.0. The van der Waals surface area contributed by atoms with E-state index in [2.05, 4.69) is 34.6 Å². The smallest absolute Gasteiger partial charge is 0.204 e. The number of halogens is 1. The SMILES string of the molecule is [C-]#[N+]c1cccc(Cn2c(NCCN)nc3c(-c4ccccc4Cl)c(C)c(C)cc32)c1. The minimum absolute atomic E-state index is 0.506. The van der Waals surface area contributed by atoms with Crippen LogP contribution in [-0.2, 0) is 6.54 Å². The third-order valence-electron chi connectivity index (χ3n) is 5.51. The fourth-order valence-corrected chi connectivity index (χ4v) is 4.09. The lowest BCUT2D eigenvalue weighted by molar-refractivity contribution is 0.820. The first-order valence-corrected chi connectivity index (χ1v) is 10.6. The molecule has 4 rings (SSSR count). The van der Waals surface area contributed by atoms with Crippen LogP contribution in [0.2, 0.25) is 5.02 Å². The van der Waals surface area contributed by atoms with E-state index < -0.39 is 0 Å². The summed E-state index contributed by atoms with van der Waals surface area (Å²) >= 11 is 6.58. The van der Waals surface area contributed by atoms with Crippen LogP contribution in [0.15, 0.2) is 54.6 Å². The lowest BCUT2D eigenvalue weighted by atomic mass is 9.95. The predicted octanol–water partition coefficient (Wildman–Crippen LogP) is 5.94. The van der Waals surface area contributed by atoms with Gasteiger partial charge in [-0.2, -0.15) is 0 Å². The number of aromatic nitrogens is 2. The van der Waals surface area contributed by atoms with Crippen LogP contribution in [0, 0.1) is 20.4 Å². The highest BCUT2D eigenvalue weighted by atomic mass is 35.5. The van der Waals surface area contributed by atoms with Crippen molar-refractivity contribution in [3.8, 4) is 11.1 Å². The van der Waals surface area contributed by atoms with Gasteiger partial charge >= 0.3 is 0 Å². The Balaban J connectivity index is 1.96. The number of hydrogen-bond acceptors (Lipinski definition) is 3. The van der Waals surface area contributed by atoms with Gasteiger partial charge in [-0.25, -0.2) is 9.83 Å². The number of nitrogens with zero attached hydrogens (tertiary/aromatic N) is 3. The summed E-state index contributed by atoms with van der Waals surface area (Å²) in [7, 11) is 0. The number of fused-ring (bicyclic) bond motifs is 1. The summed E-state index contributed by atoms with van der Waals surface area (Å²) in [6.45, 7) is 13.3. The summed E-state index contributed by atoms with van der Waals surface area (Å²) in [5.74, 6) is 0.756. The van der Waals surface area contributed by atoms with Gasteiger partial charge in [0.25, 0.3) is 0 Å². The molecule has 1 heterocycles. The largest absolute Gasteiger partial charge is 0.354 e. The van der Waals surface area contributed by atoms with Crippen molar-refractivity contribution in [1.82, 2.24) is 9.55 Å². The van der Waals surface area contributed by atoms with Crippen molar-refractivity contribution in [1.29, 1.82) is 0 Å². The Hall–Kier alpha value is -3.33. The van der Waals surface area contributed by atoms with Crippen LogP contribution in [0.3, 0.4) is 0 Å². The second kappa shape index (κ2) is 8.81. The molecule has 0 aliphatic rings. The Kier molecular flexibility index (Phi) is 5.94. The lowest BCUT2D eigenvalue weighted by Crippen LogP contribution is -2.16. The van der Waals surface area contributed by atoms with Crippen molar-refractivity contribution >= 4 is 34.3 Å². The Bertz CT molecular complexity index is 1300.